The van der Waals surface area contributed by atoms with E-state index in [-0.39, 0.29) is 16.8 Å². The van der Waals surface area contributed by atoms with Crippen LogP contribution in [0.1, 0.15) is 16.3 Å². The van der Waals surface area contributed by atoms with Crippen molar-refractivity contribution in [3.05, 3.63) is 35.1 Å². The van der Waals surface area contributed by atoms with Gasteiger partial charge in [-0.15, -0.1) is 10.2 Å². The Labute approximate surface area is 102 Å². The molecule has 1 N–H and O–H groups in total. The van der Waals surface area contributed by atoms with Crippen LogP contribution in [0.2, 0.25) is 5.15 Å². The van der Waals surface area contributed by atoms with E-state index in [1.54, 1.807) is 7.05 Å². The number of aromatic amines is 1. The van der Waals surface area contributed by atoms with Crippen LogP contribution in [-0.2, 0) is 6.54 Å². The fraction of sp³-hybridized carbons (Fsp3) is 0.222. The molecule has 0 spiro atoms. The highest BCUT2D eigenvalue weighted by molar-refractivity contribution is 6.29. The molecular weight excluding hydrogens is 244 g/mol. The van der Waals surface area contributed by atoms with Gasteiger partial charge in [0, 0.05) is 7.05 Å². The van der Waals surface area contributed by atoms with E-state index >= 15 is 0 Å². The van der Waals surface area contributed by atoms with Crippen LogP contribution in [0, 0.1) is 0 Å². The Morgan fingerprint density at radius 1 is 1.47 bits per heavy atom. The van der Waals surface area contributed by atoms with Gasteiger partial charge < -0.3 is 4.90 Å². The predicted octanol–water partition coefficient (Wildman–Crippen LogP) is 0.520. The average molecular weight is 253 g/mol. The summed E-state index contributed by atoms with van der Waals surface area (Å²) in [6.45, 7) is 0.323. The summed E-state index contributed by atoms with van der Waals surface area (Å²) in [5.41, 5.74) is 0.233. The zero-order chi connectivity index (χ0) is 12.3. The van der Waals surface area contributed by atoms with Crippen molar-refractivity contribution in [1.82, 2.24) is 30.3 Å². The molecule has 1 amide bonds. The molecule has 2 aromatic heterocycles. The molecule has 0 radical (unpaired) electrons. The molecular formula is C9H9ClN6O. The summed E-state index contributed by atoms with van der Waals surface area (Å²) in [5, 5.41) is 13.9. The van der Waals surface area contributed by atoms with Crippen molar-refractivity contribution in [2.75, 3.05) is 7.05 Å². The van der Waals surface area contributed by atoms with E-state index in [0.717, 1.165) is 0 Å². The van der Waals surface area contributed by atoms with Gasteiger partial charge in [-0.25, -0.2) is 4.98 Å². The second kappa shape index (κ2) is 4.88. The molecule has 0 bridgehead atoms. The Morgan fingerprint density at radius 2 is 2.29 bits per heavy atom. The molecule has 8 heteroatoms. The fourth-order valence-electron chi connectivity index (χ4n) is 1.23. The molecule has 0 aliphatic carbocycles. The summed E-state index contributed by atoms with van der Waals surface area (Å²) < 4.78 is 0. The number of hydrogen-bond acceptors (Lipinski definition) is 5. The van der Waals surface area contributed by atoms with Crippen LogP contribution in [0.25, 0.3) is 0 Å². The number of carbonyl (C=O) groups excluding carboxylic acids is 1. The molecule has 0 saturated carbocycles. The largest absolute Gasteiger partial charge is 0.333 e. The first-order chi connectivity index (χ1) is 8.16. The number of H-pyrrole nitrogens is 1. The van der Waals surface area contributed by atoms with E-state index in [0.29, 0.717) is 12.4 Å². The van der Waals surface area contributed by atoms with Crippen molar-refractivity contribution in [3.8, 4) is 0 Å². The Kier molecular flexibility index (Phi) is 3.29. The summed E-state index contributed by atoms with van der Waals surface area (Å²) >= 11 is 5.59. The minimum Gasteiger partial charge on any atom is -0.333 e. The van der Waals surface area contributed by atoms with Crippen LogP contribution in [-0.4, -0.2) is 43.2 Å². The van der Waals surface area contributed by atoms with Gasteiger partial charge in [0.15, 0.2) is 10.8 Å². The van der Waals surface area contributed by atoms with Crippen molar-refractivity contribution in [1.29, 1.82) is 0 Å². The van der Waals surface area contributed by atoms with Gasteiger partial charge >= 0.3 is 0 Å². The van der Waals surface area contributed by atoms with Crippen molar-refractivity contribution < 1.29 is 4.79 Å². The van der Waals surface area contributed by atoms with Gasteiger partial charge in [-0.3, -0.25) is 9.89 Å². The van der Waals surface area contributed by atoms with Crippen molar-refractivity contribution in [2.45, 2.75) is 6.54 Å². The maximum absolute atomic E-state index is 11.9. The van der Waals surface area contributed by atoms with Crippen LogP contribution in [0.5, 0.6) is 0 Å². The van der Waals surface area contributed by atoms with E-state index in [2.05, 4.69) is 25.4 Å². The molecule has 0 atom stereocenters. The summed E-state index contributed by atoms with van der Waals surface area (Å²) in [6.07, 6.45) is 1.38. The van der Waals surface area contributed by atoms with Crippen LogP contribution in [0.15, 0.2) is 18.5 Å². The molecule has 0 aliphatic heterocycles. The highest BCUT2D eigenvalue weighted by atomic mass is 35.5. The lowest BCUT2D eigenvalue weighted by atomic mass is 10.3. The van der Waals surface area contributed by atoms with E-state index in [9.17, 15) is 4.79 Å². The van der Waals surface area contributed by atoms with Gasteiger partial charge in [0.05, 0.1) is 6.54 Å². The van der Waals surface area contributed by atoms with Crippen LogP contribution >= 0.6 is 11.6 Å². The monoisotopic (exact) mass is 252 g/mol. The Bertz CT molecular complexity index is 497. The highest BCUT2D eigenvalue weighted by Crippen LogP contribution is 2.05. The average Bonchev–Trinajstić information content (AvgIpc) is 2.82. The molecule has 0 aromatic carbocycles. The number of hydrogen-bond donors (Lipinski definition) is 1. The lowest BCUT2D eigenvalue weighted by Crippen LogP contribution is -2.27. The maximum atomic E-state index is 11.9. The molecule has 2 aromatic rings. The molecule has 17 heavy (non-hydrogen) atoms. The van der Waals surface area contributed by atoms with Gasteiger partial charge in [0.2, 0.25) is 0 Å². The van der Waals surface area contributed by atoms with Gasteiger partial charge in [0.1, 0.15) is 12.2 Å². The van der Waals surface area contributed by atoms with Gasteiger partial charge in [-0.1, -0.05) is 11.6 Å². The number of rotatable bonds is 3. The second-order valence-electron chi connectivity index (χ2n) is 3.33. The van der Waals surface area contributed by atoms with Crippen molar-refractivity contribution in [3.63, 3.8) is 0 Å². The van der Waals surface area contributed by atoms with E-state index in [1.807, 2.05) is 0 Å². The van der Waals surface area contributed by atoms with Crippen LogP contribution < -0.4 is 0 Å². The summed E-state index contributed by atoms with van der Waals surface area (Å²) in [6, 6.07) is 3.04. The molecule has 0 fully saturated rings. The third kappa shape index (κ3) is 2.76. The number of aromatic nitrogens is 5. The lowest BCUT2D eigenvalue weighted by Gasteiger charge is -2.14. The van der Waals surface area contributed by atoms with Gasteiger partial charge in [-0.05, 0) is 12.1 Å². The SMILES string of the molecule is CN(Cc1ncn[nH]1)C(=O)c1ccc(Cl)nn1. The van der Waals surface area contributed by atoms with Crippen LogP contribution in [0.4, 0.5) is 0 Å². The number of halogens is 1. The number of nitrogens with zero attached hydrogens (tertiary/aromatic N) is 5. The zero-order valence-corrected chi connectivity index (χ0v) is 9.72. The number of carbonyl (C=O) groups is 1. The van der Waals surface area contributed by atoms with Gasteiger partial charge in [-0.2, -0.15) is 5.10 Å². The first-order valence-electron chi connectivity index (χ1n) is 4.76. The van der Waals surface area contributed by atoms with Gasteiger partial charge in [0.25, 0.3) is 5.91 Å². The summed E-state index contributed by atoms with van der Waals surface area (Å²) in [7, 11) is 1.64. The van der Waals surface area contributed by atoms with Crippen LogP contribution in [0.3, 0.4) is 0 Å². The molecule has 0 unspecified atom stereocenters. The maximum Gasteiger partial charge on any atom is 0.274 e. The molecule has 0 saturated heterocycles. The first-order valence-corrected chi connectivity index (χ1v) is 5.13. The highest BCUT2D eigenvalue weighted by Gasteiger charge is 2.14. The first kappa shape index (κ1) is 11.5. The van der Waals surface area contributed by atoms with E-state index in [4.69, 9.17) is 11.6 Å². The van der Waals surface area contributed by atoms with Crippen molar-refractivity contribution >= 4 is 17.5 Å². The van der Waals surface area contributed by atoms with Crippen molar-refractivity contribution in [2.24, 2.45) is 0 Å². The number of nitrogens with one attached hydrogen (secondary N) is 1. The van der Waals surface area contributed by atoms with E-state index < -0.39 is 0 Å². The topological polar surface area (TPSA) is 87.7 Å². The number of amides is 1. The minimum absolute atomic E-state index is 0.233. The third-order valence-corrected chi connectivity index (χ3v) is 2.25. The second-order valence-corrected chi connectivity index (χ2v) is 3.72. The normalized spacial score (nSPS) is 10.2. The predicted molar refractivity (Wildman–Crippen MR) is 59.2 cm³/mol. The molecule has 88 valence electrons. The zero-order valence-electron chi connectivity index (χ0n) is 8.96. The Morgan fingerprint density at radius 3 is 2.88 bits per heavy atom. The summed E-state index contributed by atoms with van der Waals surface area (Å²) in [5.74, 6) is 0.341. The quantitative estimate of drug-likeness (QED) is 0.860. The standard InChI is InChI=1S/C9H9ClN6O/c1-16(4-8-11-5-12-15-8)9(17)6-2-3-7(10)14-13-6/h2-3,5H,4H2,1H3,(H,11,12,15). The Balaban J connectivity index is 2.07. The third-order valence-electron chi connectivity index (χ3n) is 2.05. The molecule has 2 heterocycles. The molecule has 2 rings (SSSR count). The minimum atomic E-state index is -0.259. The Hall–Kier alpha value is -2.02. The fourth-order valence-corrected chi connectivity index (χ4v) is 1.33. The lowest BCUT2D eigenvalue weighted by molar-refractivity contribution is 0.0774. The summed E-state index contributed by atoms with van der Waals surface area (Å²) in [4.78, 5) is 17.3. The smallest absolute Gasteiger partial charge is 0.274 e. The molecule has 0 aliphatic rings. The molecule has 7 nitrogen and oxygen atoms in total. The van der Waals surface area contributed by atoms with E-state index in [1.165, 1.54) is 23.4 Å².